The van der Waals surface area contributed by atoms with Gasteiger partial charge in [-0.3, -0.25) is 0 Å². The van der Waals surface area contributed by atoms with Crippen LogP contribution in [0.25, 0.3) is 0 Å². The second kappa shape index (κ2) is 6.66. The van der Waals surface area contributed by atoms with Gasteiger partial charge in [-0.2, -0.15) is 0 Å². The monoisotopic (exact) mass is 157 g/mol. The van der Waals surface area contributed by atoms with Crippen molar-refractivity contribution in [2.45, 2.75) is 40.0 Å². The molecular formula is C10H23N. The summed E-state index contributed by atoms with van der Waals surface area (Å²) in [5, 5.41) is 3.21. The van der Waals surface area contributed by atoms with E-state index in [1.54, 1.807) is 0 Å². The van der Waals surface area contributed by atoms with Crippen molar-refractivity contribution < 1.29 is 0 Å². The molecule has 1 nitrogen and oxygen atoms in total. The molecular weight excluding hydrogens is 134 g/mol. The second-order valence-electron chi connectivity index (χ2n) is 3.99. The van der Waals surface area contributed by atoms with Crippen molar-refractivity contribution in [1.29, 1.82) is 0 Å². The van der Waals surface area contributed by atoms with Crippen LogP contribution in [0.2, 0.25) is 0 Å². The van der Waals surface area contributed by atoms with E-state index in [-0.39, 0.29) is 0 Å². The summed E-state index contributed by atoms with van der Waals surface area (Å²) in [6.07, 6.45) is 4.15. The van der Waals surface area contributed by atoms with Crippen LogP contribution in [-0.2, 0) is 0 Å². The summed E-state index contributed by atoms with van der Waals surface area (Å²) in [4.78, 5) is 0. The Morgan fingerprint density at radius 2 is 1.73 bits per heavy atom. The third-order valence-corrected chi connectivity index (χ3v) is 2.03. The molecule has 0 unspecified atom stereocenters. The molecule has 0 amide bonds. The van der Waals surface area contributed by atoms with Crippen molar-refractivity contribution in [2.24, 2.45) is 11.8 Å². The van der Waals surface area contributed by atoms with E-state index in [1.807, 2.05) is 7.05 Å². The quantitative estimate of drug-likeness (QED) is 0.625. The maximum Gasteiger partial charge on any atom is -0.00262 e. The molecule has 0 heterocycles. The Bertz CT molecular complexity index is 78.9. The minimum atomic E-state index is 0.846. The molecule has 0 saturated heterocycles. The summed E-state index contributed by atoms with van der Waals surface area (Å²) in [5.41, 5.74) is 0. The molecule has 68 valence electrons. The van der Waals surface area contributed by atoms with Gasteiger partial charge in [0, 0.05) is 0 Å². The summed E-state index contributed by atoms with van der Waals surface area (Å²) in [5.74, 6) is 1.72. The van der Waals surface area contributed by atoms with E-state index in [1.165, 1.54) is 19.3 Å². The van der Waals surface area contributed by atoms with Gasteiger partial charge in [0.15, 0.2) is 0 Å². The molecule has 0 radical (unpaired) electrons. The standard InChI is InChI=1S/C10H23N/c1-9(2)6-5-7-10(3)8-11-4/h9-11H,5-8H2,1-4H3/t10-/m1/s1. The molecule has 0 aliphatic rings. The summed E-state index contributed by atoms with van der Waals surface area (Å²) in [6.45, 7) is 8.07. The first-order valence-corrected chi connectivity index (χ1v) is 4.81. The first-order chi connectivity index (χ1) is 5.16. The third kappa shape index (κ3) is 7.86. The highest BCUT2D eigenvalue weighted by molar-refractivity contribution is 4.56. The summed E-state index contributed by atoms with van der Waals surface area (Å²) in [7, 11) is 2.03. The highest BCUT2D eigenvalue weighted by Gasteiger charge is 2.00. The lowest BCUT2D eigenvalue weighted by Crippen LogP contribution is -2.16. The van der Waals surface area contributed by atoms with E-state index in [4.69, 9.17) is 0 Å². The van der Waals surface area contributed by atoms with Crippen molar-refractivity contribution >= 4 is 0 Å². The maximum absolute atomic E-state index is 3.21. The van der Waals surface area contributed by atoms with Crippen LogP contribution in [0.3, 0.4) is 0 Å². The van der Waals surface area contributed by atoms with E-state index < -0.39 is 0 Å². The molecule has 0 aromatic carbocycles. The minimum absolute atomic E-state index is 0.846. The second-order valence-corrected chi connectivity index (χ2v) is 3.99. The maximum atomic E-state index is 3.21. The summed E-state index contributed by atoms with van der Waals surface area (Å²) in [6, 6.07) is 0. The largest absolute Gasteiger partial charge is 0.319 e. The topological polar surface area (TPSA) is 12.0 Å². The zero-order valence-corrected chi connectivity index (χ0v) is 8.48. The number of hydrogen-bond acceptors (Lipinski definition) is 1. The molecule has 1 heteroatoms. The molecule has 0 fully saturated rings. The Morgan fingerprint density at radius 1 is 1.09 bits per heavy atom. The van der Waals surface area contributed by atoms with Gasteiger partial charge >= 0.3 is 0 Å². The van der Waals surface area contributed by atoms with Gasteiger partial charge in [-0.1, -0.05) is 33.6 Å². The van der Waals surface area contributed by atoms with Crippen LogP contribution in [0, 0.1) is 11.8 Å². The Kier molecular flexibility index (Phi) is 6.63. The fraction of sp³-hybridized carbons (Fsp3) is 1.00. The Hall–Kier alpha value is -0.0400. The molecule has 0 aliphatic heterocycles. The van der Waals surface area contributed by atoms with E-state index in [0.29, 0.717) is 0 Å². The predicted octanol–water partition coefficient (Wildman–Crippen LogP) is 2.67. The van der Waals surface area contributed by atoms with Crippen LogP contribution in [0.5, 0.6) is 0 Å². The van der Waals surface area contributed by atoms with Crippen LogP contribution in [0.1, 0.15) is 40.0 Å². The lowest BCUT2D eigenvalue weighted by molar-refractivity contribution is 0.445. The van der Waals surface area contributed by atoms with E-state index in [9.17, 15) is 0 Å². The lowest BCUT2D eigenvalue weighted by atomic mass is 10.00. The van der Waals surface area contributed by atoms with Gasteiger partial charge in [-0.25, -0.2) is 0 Å². The summed E-state index contributed by atoms with van der Waals surface area (Å²) < 4.78 is 0. The van der Waals surface area contributed by atoms with Gasteiger partial charge in [-0.15, -0.1) is 0 Å². The average molecular weight is 157 g/mol. The van der Waals surface area contributed by atoms with Crippen molar-refractivity contribution in [3.05, 3.63) is 0 Å². The van der Waals surface area contributed by atoms with E-state index >= 15 is 0 Å². The van der Waals surface area contributed by atoms with Gasteiger partial charge in [0.05, 0.1) is 0 Å². The molecule has 0 aromatic rings. The van der Waals surface area contributed by atoms with Gasteiger partial charge in [-0.05, 0) is 31.8 Å². The molecule has 0 aromatic heterocycles. The molecule has 11 heavy (non-hydrogen) atoms. The predicted molar refractivity (Wildman–Crippen MR) is 51.8 cm³/mol. The van der Waals surface area contributed by atoms with Crippen molar-refractivity contribution in [2.75, 3.05) is 13.6 Å². The van der Waals surface area contributed by atoms with E-state index in [0.717, 1.165) is 18.4 Å². The van der Waals surface area contributed by atoms with Crippen molar-refractivity contribution in [3.8, 4) is 0 Å². The minimum Gasteiger partial charge on any atom is -0.319 e. The Morgan fingerprint density at radius 3 is 2.18 bits per heavy atom. The van der Waals surface area contributed by atoms with Crippen LogP contribution in [-0.4, -0.2) is 13.6 Å². The van der Waals surface area contributed by atoms with Crippen LogP contribution < -0.4 is 5.32 Å². The first kappa shape index (κ1) is 11.0. The summed E-state index contributed by atoms with van der Waals surface area (Å²) >= 11 is 0. The molecule has 1 N–H and O–H groups in total. The molecule has 0 bridgehead atoms. The molecule has 0 spiro atoms. The Labute approximate surface area is 71.6 Å². The molecule has 1 atom stereocenters. The third-order valence-electron chi connectivity index (χ3n) is 2.03. The molecule has 0 aliphatic carbocycles. The number of rotatable bonds is 6. The molecule has 0 rings (SSSR count). The van der Waals surface area contributed by atoms with Gasteiger partial charge in [0.25, 0.3) is 0 Å². The van der Waals surface area contributed by atoms with Gasteiger partial charge < -0.3 is 5.32 Å². The van der Waals surface area contributed by atoms with Gasteiger partial charge in [0.2, 0.25) is 0 Å². The Balaban J connectivity index is 3.10. The SMILES string of the molecule is CNC[C@H](C)CCCC(C)C. The zero-order chi connectivity index (χ0) is 8.69. The highest BCUT2D eigenvalue weighted by Crippen LogP contribution is 2.11. The zero-order valence-electron chi connectivity index (χ0n) is 8.48. The first-order valence-electron chi connectivity index (χ1n) is 4.81. The lowest BCUT2D eigenvalue weighted by Gasteiger charge is -2.10. The van der Waals surface area contributed by atoms with Crippen LogP contribution in [0.4, 0.5) is 0 Å². The average Bonchev–Trinajstić information content (AvgIpc) is 1.87. The van der Waals surface area contributed by atoms with Crippen molar-refractivity contribution in [3.63, 3.8) is 0 Å². The highest BCUT2D eigenvalue weighted by atomic mass is 14.8. The number of nitrogens with one attached hydrogen (secondary N) is 1. The van der Waals surface area contributed by atoms with Crippen LogP contribution >= 0.6 is 0 Å². The number of hydrogen-bond donors (Lipinski definition) is 1. The fourth-order valence-electron chi connectivity index (χ4n) is 1.33. The smallest absolute Gasteiger partial charge is 0.00262 e. The molecule has 0 saturated carbocycles. The van der Waals surface area contributed by atoms with Crippen molar-refractivity contribution in [1.82, 2.24) is 5.32 Å². The van der Waals surface area contributed by atoms with Gasteiger partial charge in [0.1, 0.15) is 0 Å². The van der Waals surface area contributed by atoms with Crippen LogP contribution in [0.15, 0.2) is 0 Å². The fourth-order valence-corrected chi connectivity index (χ4v) is 1.33. The normalized spacial score (nSPS) is 13.9. The van der Waals surface area contributed by atoms with E-state index in [2.05, 4.69) is 26.1 Å².